The molecule has 0 saturated carbocycles. The third-order valence-electron chi connectivity index (χ3n) is 11.7. The second-order valence-electron chi connectivity index (χ2n) is 15.7. The Balaban J connectivity index is 0.000000162. The van der Waals surface area contributed by atoms with Crippen molar-refractivity contribution in [3.05, 3.63) is 71.0 Å². The van der Waals surface area contributed by atoms with E-state index >= 15 is 0 Å². The first-order valence-corrected chi connectivity index (χ1v) is 18.5. The van der Waals surface area contributed by atoms with Gasteiger partial charge in [0, 0.05) is 97.4 Å². The van der Waals surface area contributed by atoms with Crippen molar-refractivity contribution in [3.63, 3.8) is 0 Å². The highest BCUT2D eigenvalue weighted by atomic mass is 16.2. The topological polar surface area (TPSA) is 137 Å². The van der Waals surface area contributed by atoms with Crippen LogP contribution in [0.2, 0.25) is 0 Å². The summed E-state index contributed by atoms with van der Waals surface area (Å²) >= 11 is 0. The van der Waals surface area contributed by atoms with Crippen LogP contribution in [0.25, 0.3) is 21.8 Å². The Morgan fingerprint density at radius 1 is 0.692 bits per heavy atom. The molecule has 52 heavy (non-hydrogen) atoms. The van der Waals surface area contributed by atoms with Crippen molar-refractivity contribution in [1.82, 2.24) is 40.2 Å². The number of aromatic nitrogens is 2. The summed E-state index contributed by atoms with van der Waals surface area (Å²) in [5.41, 5.74) is 7.97. The largest absolute Gasteiger partial charge is 0.361 e. The number of benzene rings is 2. The number of nitrogens with zero attached hydrogens (tertiary/aromatic N) is 4. The Kier molecular flexibility index (Phi) is 9.88. The van der Waals surface area contributed by atoms with Crippen molar-refractivity contribution in [2.24, 2.45) is 0 Å². The van der Waals surface area contributed by atoms with E-state index in [9.17, 15) is 19.2 Å². The smallest absolute Gasteiger partial charge is 0.317 e. The summed E-state index contributed by atoms with van der Waals surface area (Å²) in [7, 11) is 7.62. The van der Waals surface area contributed by atoms with Crippen LogP contribution in [0.4, 0.5) is 9.59 Å². The van der Waals surface area contributed by atoms with Crippen LogP contribution in [0.1, 0.15) is 60.8 Å². The predicted molar refractivity (Wildman–Crippen MR) is 203 cm³/mol. The molecule has 4 amide bonds. The van der Waals surface area contributed by atoms with Gasteiger partial charge in [0.2, 0.25) is 0 Å². The summed E-state index contributed by atoms with van der Waals surface area (Å²) in [5.74, 6) is 0.790. The zero-order chi connectivity index (χ0) is 36.8. The maximum Gasteiger partial charge on any atom is 0.317 e. The number of Topliss-reactive ketones (excluding diaryl/α,β-unsaturated/α-hetero) is 2. The number of nitrogens with one attached hydrogen (secondary N) is 4. The molecule has 0 spiro atoms. The number of H-pyrrole nitrogens is 2. The van der Waals surface area contributed by atoms with Crippen LogP contribution in [0, 0.1) is 0 Å². The first-order valence-electron chi connectivity index (χ1n) is 18.5. The Morgan fingerprint density at radius 3 is 1.48 bits per heavy atom. The molecule has 0 radical (unpaired) electrons. The lowest BCUT2D eigenvalue weighted by atomic mass is 9.74. The molecule has 2 aliphatic heterocycles. The fraction of sp³-hybridized carbons (Fsp3) is 0.500. The van der Waals surface area contributed by atoms with Crippen molar-refractivity contribution in [2.75, 3.05) is 54.4 Å². The Hall–Kier alpha value is -4.68. The molecule has 8 rings (SSSR count). The molecule has 2 saturated heterocycles. The lowest BCUT2D eigenvalue weighted by molar-refractivity contribution is -0.118. The minimum Gasteiger partial charge on any atom is -0.361 e. The van der Waals surface area contributed by atoms with Gasteiger partial charge in [0.25, 0.3) is 0 Å². The average Bonchev–Trinajstić information content (AvgIpc) is 3.71. The molecule has 2 aromatic heterocycles. The average molecular weight is 709 g/mol. The molecule has 4 N–H and O–H groups in total. The molecule has 2 aromatic carbocycles. The first kappa shape index (κ1) is 35.7. The highest BCUT2D eigenvalue weighted by Gasteiger charge is 2.41. The van der Waals surface area contributed by atoms with Crippen LogP contribution in [0.5, 0.6) is 0 Å². The van der Waals surface area contributed by atoms with Crippen LogP contribution in [-0.4, -0.2) is 132 Å². The molecule has 0 bridgehead atoms. The number of likely N-dealkylation sites (tertiary alicyclic amines) is 2. The summed E-state index contributed by atoms with van der Waals surface area (Å²) in [6.07, 6.45) is 8.23. The van der Waals surface area contributed by atoms with Crippen LogP contribution in [0.15, 0.2) is 48.8 Å². The zero-order valence-electron chi connectivity index (χ0n) is 31.2. The molecule has 12 nitrogen and oxygen atoms in total. The second kappa shape index (κ2) is 14.4. The van der Waals surface area contributed by atoms with E-state index in [1.54, 1.807) is 14.1 Å². The van der Waals surface area contributed by atoms with Gasteiger partial charge in [-0.3, -0.25) is 9.59 Å². The maximum absolute atomic E-state index is 12.4. The summed E-state index contributed by atoms with van der Waals surface area (Å²) in [6, 6.07) is 13.7. The Morgan fingerprint density at radius 2 is 1.10 bits per heavy atom. The van der Waals surface area contributed by atoms with Gasteiger partial charge in [0.15, 0.2) is 0 Å². The maximum atomic E-state index is 12.4. The van der Waals surface area contributed by atoms with E-state index in [0.29, 0.717) is 23.9 Å². The van der Waals surface area contributed by atoms with E-state index in [-0.39, 0.29) is 48.8 Å². The molecule has 4 heterocycles. The number of amides is 4. The molecular formula is C40H52N8O4. The van der Waals surface area contributed by atoms with Crippen LogP contribution < -0.4 is 10.6 Å². The molecule has 2 fully saturated rings. The van der Waals surface area contributed by atoms with Crippen molar-refractivity contribution >= 4 is 45.4 Å². The zero-order valence-corrected chi connectivity index (χ0v) is 31.2. The highest BCUT2D eigenvalue weighted by Crippen LogP contribution is 2.44. The molecule has 276 valence electrons. The molecule has 6 atom stereocenters. The number of urea groups is 2. The standard InChI is InChI=1S/2C20H26N4O2/c2*1-12(25)10-24(3)20(26)22-14-8-16-15-5-4-6-17-19(15)13(9-21-17)7-18(16)23(2)11-14/h2*4-6,9,14,16,18,21H,7-8,10-11H2,1-3H3,(H,22,26)/t2*14-,16+,18+/m00/s1. The molecule has 4 aromatic rings. The summed E-state index contributed by atoms with van der Waals surface area (Å²) < 4.78 is 0. The van der Waals surface area contributed by atoms with Gasteiger partial charge in [-0.25, -0.2) is 9.59 Å². The number of hydrogen-bond donors (Lipinski definition) is 4. The van der Waals surface area contributed by atoms with Crippen molar-refractivity contribution in [1.29, 1.82) is 0 Å². The monoisotopic (exact) mass is 708 g/mol. The van der Waals surface area contributed by atoms with Gasteiger partial charge in [-0.2, -0.15) is 0 Å². The fourth-order valence-corrected chi connectivity index (χ4v) is 9.47. The number of likely N-dealkylation sites (N-methyl/N-ethyl adjacent to an activating group) is 4. The molecule has 4 aliphatic rings. The van der Waals surface area contributed by atoms with Crippen LogP contribution in [-0.2, 0) is 22.4 Å². The van der Waals surface area contributed by atoms with E-state index in [0.717, 1.165) is 38.8 Å². The SMILES string of the molecule is CC(=O)CN(C)C(=O)N[C@H]1C[C@@H]2c3cccc4[nH]cc(c34)C[C@H]2N(C)C1.CC(=O)CN(C)C(=O)N[C@H]1C[C@@H]2c3cccc4[nH]cc(c34)C[C@H]2N(C)C1. The van der Waals surface area contributed by atoms with E-state index in [4.69, 9.17) is 0 Å². The van der Waals surface area contributed by atoms with Gasteiger partial charge in [0.05, 0.1) is 13.1 Å². The van der Waals surface area contributed by atoms with Gasteiger partial charge >= 0.3 is 12.1 Å². The minimum atomic E-state index is -0.173. The number of rotatable bonds is 6. The van der Waals surface area contributed by atoms with E-state index in [2.05, 4.69) is 93.3 Å². The van der Waals surface area contributed by atoms with Crippen LogP contribution >= 0.6 is 0 Å². The van der Waals surface area contributed by atoms with Crippen LogP contribution in [0.3, 0.4) is 0 Å². The summed E-state index contributed by atoms with van der Waals surface area (Å²) in [5, 5.41) is 8.97. The Labute approximate surface area is 305 Å². The minimum absolute atomic E-state index is 0.0116. The molecular weight excluding hydrogens is 656 g/mol. The number of fused-ring (bicyclic) bond motifs is 4. The first-order chi connectivity index (χ1) is 24.9. The molecule has 2 aliphatic carbocycles. The lowest BCUT2D eigenvalue weighted by Gasteiger charge is -2.45. The number of ketones is 2. The highest BCUT2D eigenvalue weighted by molar-refractivity contribution is 5.89. The number of carbonyl (C=O) groups is 4. The number of carbonyl (C=O) groups excluding carboxylic acids is 4. The van der Waals surface area contributed by atoms with Gasteiger partial charge in [-0.1, -0.05) is 24.3 Å². The van der Waals surface area contributed by atoms with Gasteiger partial charge < -0.3 is 40.2 Å². The van der Waals surface area contributed by atoms with E-state index < -0.39 is 0 Å². The Bertz CT molecular complexity index is 1860. The predicted octanol–water partition coefficient (Wildman–Crippen LogP) is 4.22. The number of piperidine rings is 2. The van der Waals surface area contributed by atoms with Crippen molar-refractivity contribution in [3.8, 4) is 0 Å². The number of aromatic amines is 2. The summed E-state index contributed by atoms with van der Waals surface area (Å²) in [4.78, 5) is 61.8. The quantitative estimate of drug-likeness (QED) is 0.237. The van der Waals surface area contributed by atoms with Gasteiger partial charge in [0.1, 0.15) is 11.6 Å². The van der Waals surface area contributed by atoms with Crippen molar-refractivity contribution in [2.45, 2.75) is 75.5 Å². The van der Waals surface area contributed by atoms with Gasteiger partial charge in [-0.05, 0) is 88.0 Å². The molecule has 12 heteroatoms. The van der Waals surface area contributed by atoms with E-state index in [1.807, 2.05) is 0 Å². The third-order valence-corrected chi connectivity index (χ3v) is 11.7. The molecule has 0 unspecified atom stereocenters. The van der Waals surface area contributed by atoms with Gasteiger partial charge in [-0.15, -0.1) is 0 Å². The van der Waals surface area contributed by atoms with Crippen molar-refractivity contribution < 1.29 is 19.2 Å². The lowest BCUT2D eigenvalue weighted by Crippen LogP contribution is -2.56. The fourth-order valence-electron chi connectivity index (χ4n) is 9.47. The second-order valence-corrected chi connectivity index (χ2v) is 15.7. The third kappa shape index (κ3) is 6.93. The summed E-state index contributed by atoms with van der Waals surface area (Å²) in [6.45, 7) is 4.95. The van der Waals surface area contributed by atoms with E-state index in [1.165, 1.54) is 67.7 Å². The normalized spacial score (nSPS) is 25.0. The number of hydrogen-bond acceptors (Lipinski definition) is 6.